The lowest BCUT2D eigenvalue weighted by Gasteiger charge is -2.23. The van der Waals surface area contributed by atoms with Gasteiger partial charge in [-0.2, -0.15) is 0 Å². The lowest BCUT2D eigenvalue weighted by Crippen LogP contribution is -2.39. The van der Waals surface area contributed by atoms with E-state index in [0.717, 1.165) is 29.7 Å². The van der Waals surface area contributed by atoms with Gasteiger partial charge in [0, 0.05) is 37.7 Å². The lowest BCUT2D eigenvalue weighted by atomic mass is 9.92. The van der Waals surface area contributed by atoms with Crippen LogP contribution < -0.4 is 10.1 Å². The van der Waals surface area contributed by atoms with Gasteiger partial charge >= 0.3 is 0 Å². The third kappa shape index (κ3) is 3.99. The predicted octanol–water partition coefficient (Wildman–Crippen LogP) is 2.47. The fourth-order valence-corrected chi connectivity index (χ4v) is 3.79. The van der Waals surface area contributed by atoms with Crippen LogP contribution in [0.3, 0.4) is 0 Å². The van der Waals surface area contributed by atoms with Gasteiger partial charge in [0.1, 0.15) is 23.6 Å². The fourth-order valence-electron chi connectivity index (χ4n) is 3.79. The van der Waals surface area contributed by atoms with E-state index in [2.05, 4.69) is 10.3 Å². The molecule has 1 unspecified atom stereocenters. The number of aromatic nitrogens is 1. The van der Waals surface area contributed by atoms with Crippen LogP contribution in [-0.4, -0.2) is 43.0 Å². The number of carbonyl (C=O) groups is 2. The van der Waals surface area contributed by atoms with E-state index in [9.17, 15) is 14.0 Å². The third-order valence-electron chi connectivity index (χ3n) is 5.36. The molecule has 0 bridgehead atoms. The molecule has 0 radical (unpaired) electrons. The van der Waals surface area contributed by atoms with E-state index in [1.807, 2.05) is 6.08 Å². The quantitative estimate of drug-likeness (QED) is 0.787. The molecule has 28 heavy (non-hydrogen) atoms. The summed E-state index contributed by atoms with van der Waals surface area (Å²) in [6.07, 6.45) is 6.93. The number of amides is 1. The van der Waals surface area contributed by atoms with Gasteiger partial charge in [-0.05, 0) is 37.0 Å². The van der Waals surface area contributed by atoms with Gasteiger partial charge in [-0.15, -0.1) is 0 Å². The molecule has 1 fully saturated rings. The largest absolute Gasteiger partial charge is 0.491 e. The van der Waals surface area contributed by atoms with Crippen LogP contribution in [0.5, 0.6) is 5.75 Å². The molecular formula is C21H23FN2O4. The summed E-state index contributed by atoms with van der Waals surface area (Å²) in [5.41, 5.74) is 2.72. The molecule has 6 nitrogen and oxygen atoms in total. The summed E-state index contributed by atoms with van der Waals surface area (Å²) >= 11 is 0. The van der Waals surface area contributed by atoms with Crippen LogP contribution in [-0.2, 0) is 22.4 Å². The first-order valence-electron chi connectivity index (χ1n) is 9.69. The van der Waals surface area contributed by atoms with Gasteiger partial charge in [0.25, 0.3) is 5.91 Å². The highest BCUT2D eigenvalue weighted by Gasteiger charge is 2.25. The lowest BCUT2D eigenvalue weighted by molar-refractivity contribution is -0.110. The molecule has 2 aliphatic heterocycles. The van der Waals surface area contributed by atoms with Crippen molar-refractivity contribution < 1.29 is 23.5 Å². The van der Waals surface area contributed by atoms with E-state index in [-0.39, 0.29) is 11.9 Å². The summed E-state index contributed by atoms with van der Waals surface area (Å²) in [6, 6.07) is 1.83. The van der Waals surface area contributed by atoms with Crippen molar-refractivity contribution in [3.05, 3.63) is 46.6 Å². The van der Waals surface area contributed by atoms with Gasteiger partial charge in [-0.3, -0.25) is 4.79 Å². The topological polar surface area (TPSA) is 77.5 Å². The minimum absolute atomic E-state index is 0.0920. The molecule has 0 spiro atoms. The zero-order chi connectivity index (χ0) is 19.5. The van der Waals surface area contributed by atoms with Gasteiger partial charge in [0.15, 0.2) is 0 Å². The average Bonchev–Trinajstić information content (AvgIpc) is 3.18. The second-order valence-electron chi connectivity index (χ2n) is 7.36. The Hall–Kier alpha value is -2.54. The molecule has 1 N–H and O–H groups in total. The summed E-state index contributed by atoms with van der Waals surface area (Å²) in [4.78, 5) is 28.1. The van der Waals surface area contributed by atoms with E-state index in [0.29, 0.717) is 56.8 Å². The van der Waals surface area contributed by atoms with E-state index < -0.39 is 11.7 Å². The number of halogens is 1. The van der Waals surface area contributed by atoms with Crippen LogP contribution in [0.2, 0.25) is 0 Å². The van der Waals surface area contributed by atoms with E-state index >= 15 is 0 Å². The van der Waals surface area contributed by atoms with Crippen molar-refractivity contribution in [3.8, 4) is 5.75 Å². The molecule has 148 valence electrons. The van der Waals surface area contributed by atoms with Crippen molar-refractivity contribution in [1.29, 1.82) is 0 Å². The summed E-state index contributed by atoms with van der Waals surface area (Å²) in [7, 11) is 0. The molecule has 0 saturated carbocycles. The van der Waals surface area contributed by atoms with Crippen LogP contribution in [0.25, 0.3) is 0 Å². The Balaban J connectivity index is 1.55. The van der Waals surface area contributed by atoms with Crippen LogP contribution in [0.1, 0.15) is 41.0 Å². The number of nitrogens with zero attached hydrogens (tertiary/aromatic N) is 1. The second-order valence-corrected chi connectivity index (χ2v) is 7.36. The van der Waals surface area contributed by atoms with Crippen LogP contribution in [0.4, 0.5) is 4.39 Å². The first-order chi connectivity index (χ1) is 13.6. The number of carbonyl (C=O) groups excluding carboxylic acids is 2. The highest BCUT2D eigenvalue weighted by molar-refractivity contribution is 5.93. The number of rotatable bonds is 5. The zero-order valence-electron chi connectivity index (χ0n) is 15.6. The Kier molecular flexibility index (Phi) is 5.52. The van der Waals surface area contributed by atoms with Crippen LogP contribution in [0, 0.1) is 5.92 Å². The Morgan fingerprint density at radius 1 is 1.32 bits per heavy atom. The number of fused-ring (bicyclic) bond motifs is 1. The predicted molar refractivity (Wildman–Crippen MR) is 99.9 cm³/mol. The SMILES string of the molecule is O=CC1CC=C(Cc2cc(C(=O)NC3CCOCC3)nc3c2OCC3)C=C1F. The number of ether oxygens (including phenoxy) is 2. The molecule has 1 saturated heterocycles. The molecule has 0 aromatic carbocycles. The summed E-state index contributed by atoms with van der Waals surface area (Å²) < 4.78 is 25.1. The standard InChI is InChI=1S/C21H23FN2O4/c22-17-10-13(1-2-14(17)12-25)9-15-11-19(24-18-5-8-28-20(15)18)21(26)23-16-3-6-27-7-4-16/h1,10-12,14,16H,2-9H2,(H,23,26). The number of aldehydes is 1. The van der Waals surface area contributed by atoms with Gasteiger partial charge < -0.3 is 19.6 Å². The Labute approximate surface area is 162 Å². The first-order valence-corrected chi connectivity index (χ1v) is 9.69. The van der Waals surface area contributed by atoms with E-state index in [1.54, 1.807) is 6.07 Å². The molecule has 1 aliphatic carbocycles. The van der Waals surface area contributed by atoms with E-state index in [4.69, 9.17) is 9.47 Å². The monoisotopic (exact) mass is 386 g/mol. The van der Waals surface area contributed by atoms with Crippen molar-refractivity contribution in [2.24, 2.45) is 5.92 Å². The van der Waals surface area contributed by atoms with Gasteiger partial charge in [-0.1, -0.05) is 6.08 Å². The molecule has 1 amide bonds. The number of nitrogens with one attached hydrogen (secondary N) is 1. The maximum Gasteiger partial charge on any atom is 0.270 e. The van der Waals surface area contributed by atoms with Gasteiger partial charge in [0.05, 0.1) is 18.2 Å². The average molecular weight is 386 g/mol. The number of allylic oxidation sites excluding steroid dienone is 4. The summed E-state index contributed by atoms with van der Waals surface area (Å²) in [5, 5.41) is 3.03. The van der Waals surface area contributed by atoms with E-state index in [1.165, 1.54) is 6.08 Å². The zero-order valence-corrected chi connectivity index (χ0v) is 15.6. The minimum atomic E-state index is -0.691. The molecule has 3 heterocycles. The Morgan fingerprint density at radius 2 is 2.14 bits per heavy atom. The molecular weight excluding hydrogens is 363 g/mol. The maximum absolute atomic E-state index is 14.0. The molecule has 4 rings (SSSR count). The number of hydrogen-bond donors (Lipinski definition) is 1. The minimum Gasteiger partial charge on any atom is -0.491 e. The number of hydrogen-bond acceptors (Lipinski definition) is 5. The molecule has 1 aromatic rings. The van der Waals surface area contributed by atoms with Crippen molar-refractivity contribution >= 4 is 12.2 Å². The number of pyridine rings is 1. The Bertz CT molecular complexity index is 843. The normalized spacial score (nSPS) is 22.0. The van der Waals surface area contributed by atoms with Crippen LogP contribution in [0.15, 0.2) is 29.6 Å². The molecule has 3 aliphatic rings. The van der Waals surface area contributed by atoms with Crippen molar-refractivity contribution in [3.63, 3.8) is 0 Å². The molecule has 7 heteroatoms. The smallest absolute Gasteiger partial charge is 0.270 e. The molecule has 1 atom stereocenters. The van der Waals surface area contributed by atoms with Crippen molar-refractivity contribution in [1.82, 2.24) is 10.3 Å². The maximum atomic E-state index is 14.0. The van der Waals surface area contributed by atoms with Crippen molar-refractivity contribution in [2.45, 2.75) is 38.1 Å². The van der Waals surface area contributed by atoms with Crippen molar-refractivity contribution in [2.75, 3.05) is 19.8 Å². The van der Waals surface area contributed by atoms with Gasteiger partial charge in [-0.25, -0.2) is 9.37 Å². The third-order valence-corrected chi connectivity index (χ3v) is 5.36. The fraction of sp³-hybridized carbons (Fsp3) is 0.476. The van der Waals surface area contributed by atoms with Crippen LogP contribution >= 0.6 is 0 Å². The highest BCUT2D eigenvalue weighted by atomic mass is 19.1. The summed E-state index contributed by atoms with van der Waals surface area (Å²) in [5.74, 6) is -0.626. The second kappa shape index (κ2) is 8.22. The summed E-state index contributed by atoms with van der Waals surface area (Å²) in [6.45, 7) is 1.82. The highest BCUT2D eigenvalue weighted by Crippen LogP contribution is 2.33. The molecule has 1 aromatic heterocycles. The Morgan fingerprint density at radius 3 is 2.89 bits per heavy atom. The first kappa shape index (κ1) is 18.8. The van der Waals surface area contributed by atoms with Gasteiger partial charge in [0.2, 0.25) is 0 Å².